The first kappa shape index (κ1) is 22.0. The Morgan fingerprint density at radius 1 is 0.719 bits per heavy atom. The van der Waals surface area contributed by atoms with Crippen LogP contribution >= 0.6 is 11.6 Å². The highest BCUT2D eigenvalue weighted by molar-refractivity contribution is 6.30. The first-order valence-electron chi connectivity index (χ1n) is 10.6. The largest absolute Gasteiger partial charge is 0.494 e. The summed E-state index contributed by atoms with van der Waals surface area (Å²) < 4.78 is 28.5. The minimum Gasteiger partial charge on any atom is -0.494 e. The number of fused-ring (bicyclic) bond motifs is 1. The summed E-state index contributed by atoms with van der Waals surface area (Å²) in [6, 6.07) is 21.4. The molecule has 0 fully saturated rings. The van der Waals surface area contributed by atoms with Crippen LogP contribution in [-0.2, 0) is 13.1 Å². The topological polar surface area (TPSA) is 52.2 Å². The van der Waals surface area contributed by atoms with Crippen molar-refractivity contribution in [2.75, 3.05) is 13.2 Å². The second-order valence-corrected chi connectivity index (χ2v) is 7.86. The van der Waals surface area contributed by atoms with Crippen LogP contribution in [0.2, 0.25) is 5.02 Å². The Kier molecular flexibility index (Phi) is 7.12. The van der Waals surface area contributed by atoms with Gasteiger partial charge in [0.1, 0.15) is 17.3 Å². The van der Waals surface area contributed by atoms with E-state index in [1.807, 2.05) is 45.5 Å². The molecule has 1 aromatic heterocycles. The van der Waals surface area contributed by atoms with Crippen LogP contribution in [0.5, 0.6) is 11.5 Å². The van der Waals surface area contributed by atoms with Gasteiger partial charge in [0.2, 0.25) is 5.62 Å². The molecule has 1 heterocycles. The molecule has 32 heavy (non-hydrogen) atoms. The van der Waals surface area contributed by atoms with Crippen LogP contribution in [0.4, 0.5) is 4.39 Å². The van der Waals surface area contributed by atoms with Crippen molar-refractivity contribution < 1.29 is 13.9 Å². The summed E-state index contributed by atoms with van der Waals surface area (Å²) in [5.41, 5.74) is 2.51. The molecule has 0 radical (unpaired) electrons. The third-order valence-electron chi connectivity index (χ3n) is 5.19. The predicted molar refractivity (Wildman–Crippen MR) is 124 cm³/mol. The summed E-state index contributed by atoms with van der Waals surface area (Å²) in [5.74, 6) is 1.15. The fourth-order valence-electron chi connectivity index (χ4n) is 3.63. The predicted octanol–water partition coefficient (Wildman–Crippen LogP) is 5.65. The number of nitrogens with one attached hydrogen (secondary N) is 1. The number of imidazole rings is 1. The molecule has 0 atom stereocenters. The van der Waals surface area contributed by atoms with Crippen LogP contribution in [0.25, 0.3) is 11.0 Å². The monoisotopic (exact) mass is 453 g/mol. The van der Waals surface area contributed by atoms with Gasteiger partial charge in [0.15, 0.2) is 0 Å². The number of ether oxygens (including phenoxy) is 2. The van der Waals surface area contributed by atoms with Gasteiger partial charge in [0.05, 0.1) is 24.2 Å². The summed E-state index contributed by atoms with van der Waals surface area (Å²) >= 11 is 5.91. The maximum atomic E-state index is 13.0. The molecule has 7 heteroatoms. The lowest BCUT2D eigenvalue weighted by Crippen LogP contribution is -2.26. The number of halogens is 2. The summed E-state index contributed by atoms with van der Waals surface area (Å²) in [7, 11) is 0. The van der Waals surface area contributed by atoms with Crippen LogP contribution < -0.4 is 15.1 Å². The lowest BCUT2D eigenvalue weighted by molar-refractivity contribution is 0.297. The van der Waals surface area contributed by atoms with Gasteiger partial charge in [-0.3, -0.25) is 5.41 Å². The number of hydrogen-bond acceptors (Lipinski definition) is 3. The number of rotatable bonds is 10. The van der Waals surface area contributed by atoms with Gasteiger partial charge in [-0.1, -0.05) is 23.7 Å². The average Bonchev–Trinajstić information content (AvgIpc) is 3.07. The minimum atomic E-state index is -0.280. The van der Waals surface area contributed by atoms with Crippen molar-refractivity contribution >= 4 is 22.6 Å². The standard InChI is InChI=1S/C25H25ClFN3O2/c26-19-7-11-21(12-8-19)31-17-3-15-29-23-5-1-2-6-24(23)30(25(29)28)16-4-18-32-22-13-9-20(27)10-14-22/h1-2,5-14,28H,3-4,15-18H2. The molecule has 0 amide bonds. The molecule has 0 unspecified atom stereocenters. The molecule has 0 aliphatic heterocycles. The van der Waals surface area contributed by atoms with E-state index in [1.54, 1.807) is 24.3 Å². The Hall–Kier alpha value is -3.25. The molecular weight excluding hydrogens is 429 g/mol. The Labute approximate surface area is 191 Å². The molecule has 0 saturated heterocycles. The Balaban J connectivity index is 1.36. The number of benzene rings is 3. The van der Waals surface area contributed by atoms with E-state index in [4.69, 9.17) is 26.5 Å². The zero-order valence-corrected chi connectivity index (χ0v) is 18.4. The van der Waals surface area contributed by atoms with Gasteiger partial charge in [-0.2, -0.15) is 0 Å². The first-order chi connectivity index (χ1) is 15.6. The Bertz CT molecular complexity index is 1120. The van der Waals surface area contributed by atoms with Gasteiger partial charge < -0.3 is 18.6 Å². The van der Waals surface area contributed by atoms with E-state index < -0.39 is 0 Å². The maximum Gasteiger partial charge on any atom is 0.202 e. The molecule has 3 aromatic carbocycles. The quantitative estimate of drug-likeness (QED) is 0.315. The van der Waals surface area contributed by atoms with E-state index >= 15 is 0 Å². The van der Waals surface area contributed by atoms with E-state index in [2.05, 4.69) is 0 Å². The van der Waals surface area contributed by atoms with Crippen molar-refractivity contribution in [1.29, 1.82) is 5.41 Å². The molecular formula is C25H25ClFN3O2. The van der Waals surface area contributed by atoms with Crippen LogP contribution in [0.15, 0.2) is 72.8 Å². The van der Waals surface area contributed by atoms with Crippen molar-refractivity contribution in [3.63, 3.8) is 0 Å². The summed E-state index contributed by atoms with van der Waals surface area (Å²) in [6.45, 7) is 2.40. The fourth-order valence-corrected chi connectivity index (χ4v) is 3.76. The minimum absolute atomic E-state index is 0.280. The molecule has 0 saturated carbocycles. The van der Waals surface area contributed by atoms with Gasteiger partial charge in [-0.05, 0) is 73.5 Å². The number of nitrogens with zero attached hydrogens (tertiary/aromatic N) is 2. The summed E-state index contributed by atoms with van der Waals surface area (Å²) in [6.07, 6.45) is 1.52. The summed E-state index contributed by atoms with van der Waals surface area (Å²) in [5, 5.41) is 9.39. The van der Waals surface area contributed by atoms with Crippen LogP contribution in [0, 0.1) is 11.2 Å². The Morgan fingerprint density at radius 3 is 1.69 bits per heavy atom. The normalized spacial score (nSPS) is 11.1. The van der Waals surface area contributed by atoms with Crippen molar-refractivity contribution in [2.24, 2.45) is 0 Å². The second kappa shape index (κ2) is 10.4. The number of hydrogen-bond donors (Lipinski definition) is 1. The van der Waals surface area contributed by atoms with Crippen LogP contribution in [0.1, 0.15) is 12.8 Å². The highest BCUT2D eigenvalue weighted by Gasteiger charge is 2.10. The summed E-state index contributed by atoms with van der Waals surface area (Å²) in [4.78, 5) is 0. The molecule has 166 valence electrons. The lowest BCUT2D eigenvalue weighted by atomic mass is 10.3. The molecule has 1 N–H and O–H groups in total. The molecule has 0 bridgehead atoms. The van der Waals surface area contributed by atoms with Gasteiger partial charge in [0.25, 0.3) is 0 Å². The highest BCUT2D eigenvalue weighted by atomic mass is 35.5. The molecule has 0 aliphatic rings. The van der Waals surface area contributed by atoms with E-state index in [1.165, 1.54) is 12.1 Å². The average molecular weight is 454 g/mol. The molecule has 0 spiro atoms. The maximum absolute atomic E-state index is 13.0. The zero-order chi connectivity index (χ0) is 22.3. The second-order valence-electron chi connectivity index (χ2n) is 7.43. The number of aromatic nitrogens is 2. The number of aryl methyl sites for hydroxylation is 2. The molecule has 4 aromatic rings. The van der Waals surface area contributed by atoms with Crippen molar-refractivity contribution in [2.45, 2.75) is 25.9 Å². The Morgan fingerprint density at radius 2 is 1.19 bits per heavy atom. The fraction of sp³-hybridized carbons (Fsp3) is 0.240. The van der Waals surface area contributed by atoms with Crippen LogP contribution in [-0.4, -0.2) is 22.3 Å². The van der Waals surface area contributed by atoms with Crippen molar-refractivity contribution in [3.05, 3.63) is 89.3 Å². The molecule has 4 rings (SSSR count). The zero-order valence-electron chi connectivity index (χ0n) is 17.6. The third-order valence-corrected chi connectivity index (χ3v) is 5.44. The van der Waals surface area contributed by atoms with E-state index in [0.29, 0.717) is 42.7 Å². The van der Waals surface area contributed by atoms with E-state index in [-0.39, 0.29) is 5.82 Å². The van der Waals surface area contributed by atoms with Gasteiger partial charge in [-0.15, -0.1) is 0 Å². The van der Waals surface area contributed by atoms with E-state index in [9.17, 15) is 4.39 Å². The van der Waals surface area contributed by atoms with Gasteiger partial charge >= 0.3 is 0 Å². The molecule has 5 nitrogen and oxygen atoms in total. The van der Waals surface area contributed by atoms with Crippen molar-refractivity contribution in [3.8, 4) is 11.5 Å². The third kappa shape index (κ3) is 5.32. The smallest absolute Gasteiger partial charge is 0.202 e. The lowest BCUT2D eigenvalue weighted by Gasteiger charge is -2.08. The van der Waals surface area contributed by atoms with Crippen LogP contribution in [0.3, 0.4) is 0 Å². The highest BCUT2D eigenvalue weighted by Crippen LogP contribution is 2.17. The molecule has 0 aliphatic carbocycles. The SMILES string of the molecule is N=c1n(CCCOc2ccc(F)cc2)c2ccccc2n1CCCOc1ccc(Cl)cc1. The van der Waals surface area contributed by atoms with E-state index in [0.717, 1.165) is 29.6 Å². The first-order valence-corrected chi connectivity index (χ1v) is 11.0. The van der Waals surface area contributed by atoms with Gasteiger partial charge in [-0.25, -0.2) is 4.39 Å². The van der Waals surface area contributed by atoms with Crippen molar-refractivity contribution in [1.82, 2.24) is 9.13 Å². The number of para-hydroxylation sites is 2. The van der Waals surface area contributed by atoms with Gasteiger partial charge in [0, 0.05) is 18.1 Å².